The van der Waals surface area contributed by atoms with Crippen molar-refractivity contribution in [1.82, 2.24) is 15.6 Å². The number of aromatic nitrogens is 1. The van der Waals surface area contributed by atoms with Crippen LogP contribution in [0.15, 0.2) is 18.3 Å². The molecule has 0 aliphatic heterocycles. The summed E-state index contributed by atoms with van der Waals surface area (Å²) in [5.74, 6) is -2.71. The zero-order chi connectivity index (χ0) is 15.1. The maximum Gasteiger partial charge on any atom is 0.326 e. The molecular weight excluding hydrogens is 266 g/mol. The van der Waals surface area contributed by atoms with Crippen molar-refractivity contribution in [3.8, 4) is 0 Å². The second kappa shape index (κ2) is 7.07. The Morgan fingerprint density at radius 1 is 1.35 bits per heavy atom. The molecule has 20 heavy (non-hydrogen) atoms. The predicted molar refractivity (Wildman–Crippen MR) is 68.0 cm³/mol. The van der Waals surface area contributed by atoms with Gasteiger partial charge in [0.05, 0.1) is 18.7 Å². The SMILES string of the molecule is Cc1cccnc1CNC(=O)N[C@@H](CC(=O)O)C(=O)O. The standard InChI is InChI=1S/C12H15N3O5/c1-7-3-2-4-13-9(7)6-14-12(20)15-8(11(18)19)5-10(16)17/h2-4,8H,5-6H2,1H3,(H,16,17)(H,18,19)(H2,14,15,20)/t8-/m0/s1. The van der Waals surface area contributed by atoms with Gasteiger partial charge < -0.3 is 20.8 Å². The van der Waals surface area contributed by atoms with E-state index in [4.69, 9.17) is 10.2 Å². The van der Waals surface area contributed by atoms with Crippen LogP contribution in [0.4, 0.5) is 4.79 Å². The third-order valence-electron chi connectivity index (χ3n) is 2.52. The fourth-order valence-electron chi connectivity index (χ4n) is 1.45. The number of carbonyl (C=O) groups excluding carboxylic acids is 1. The van der Waals surface area contributed by atoms with Crippen molar-refractivity contribution in [1.29, 1.82) is 0 Å². The van der Waals surface area contributed by atoms with Gasteiger partial charge in [-0.25, -0.2) is 9.59 Å². The van der Waals surface area contributed by atoms with Crippen molar-refractivity contribution in [2.75, 3.05) is 0 Å². The number of carboxylic acids is 2. The predicted octanol–water partition coefficient (Wildman–Crippen LogP) is 0.117. The van der Waals surface area contributed by atoms with Crippen molar-refractivity contribution < 1.29 is 24.6 Å². The number of carbonyl (C=O) groups is 3. The molecule has 8 heteroatoms. The molecule has 8 nitrogen and oxygen atoms in total. The Morgan fingerprint density at radius 3 is 2.60 bits per heavy atom. The second-order valence-electron chi connectivity index (χ2n) is 4.08. The summed E-state index contributed by atoms with van der Waals surface area (Å²) in [5.41, 5.74) is 1.53. The van der Waals surface area contributed by atoms with Crippen LogP contribution in [0.3, 0.4) is 0 Å². The van der Waals surface area contributed by atoms with Gasteiger partial charge in [-0.15, -0.1) is 0 Å². The van der Waals surface area contributed by atoms with Crippen LogP contribution in [0.2, 0.25) is 0 Å². The number of aryl methyl sites for hydroxylation is 1. The molecule has 1 aromatic heterocycles. The van der Waals surface area contributed by atoms with Crippen LogP contribution in [0, 0.1) is 6.92 Å². The molecule has 1 atom stereocenters. The minimum atomic E-state index is -1.47. The first-order valence-electron chi connectivity index (χ1n) is 5.79. The van der Waals surface area contributed by atoms with E-state index in [2.05, 4.69) is 15.6 Å². The quantitative estimate of drug-likeness (QED) is 0.586. The van der Waals surface area contributed by atoms with Gasteiger partial charge in [0.25, 0.3) is 0 Å². The highest BCUT2D eigenvalue weighted by Crippen LogP contribution is 2.02. The first-order chi connectivity index (χ1) is 9.40. The minimum Gasteiger partial charge on any atom is -0.481 e. The Balaban J connectivity index is 2.52. The highest BCUT2D eigenvalue weighted by Gasteiger charge is 2.22. The molecule has 0 radical (unpaired) electrons. The fraction of sp³-hybridized carbons (Fsp3) is 0.333. The van der Waals surface area contributed by atoms with Crippen LogP contribution >= 0.6 is 0 Å². The van der Waals surface area contributed by atoms with Crippen molar-refractivity contribution >= 4 is 18.0 Å². The van der Waals surface area contributed by atoms with Gasteiger partial charge in [-0.3, -0.25) is 9.78 Å². The Kier molecular flexibility index (Phi) is 5.45. The van der Waals surface area contributed by atoms with Gasteiger partial charge in [0.1, 0.15) is 6.04 Å². The van der Waals surface area contributed by atoms with Gasteiger partial charge in [0.2, 0.25) is 0 Å². The van der Waals surface area contributed by atoms with Crippen LogP contribution in [0.1, 0.15) is 17.7 Å². The van der Waals surface area contributed by atoms with Crippen molar-refractivity contribution in [2.45, 2.75) is 25.9 Å². The van der Waals surface area contributed by atoms with Crippen LogP contribution < -0.4 is 10.6 Å². The van der Waals surface area contributed by atoms with Gasteiger partial charge in [-0.1, -0.05) is 6.07 Å². The Labute approximate surface area is 114 Å². The van der Waals surface area contributed by atoms with E-state index >= 15 is 0 Å². The molecule has 0 saturated carbocycles. The van der Waals surface area contributed by atoms with E-state index in [0.29, 0.717) is 5.69 Å². The van der Waals surface area contributed by atoms with E-state index in [9.17, 15) is 14.4 Å². The number of nitrogens with zero attached hydrogens (tertiary/aromatic N) is 1. The summed E-state index contributed by atoms with van der Waals surface area (Å²) >= 11 is 0. The molecule has 0 spiro atoms. The van der Waals surface area contributed by atoms with Gasteiger partial charge in [-0.2, -0.15) is 0 Å². The second-order valence-corrected chi connectivity index (χ2v) is 4.08. The molecule has 0 aliphatic rings. The largest absolute Gasteiger partial charge is 0.481 e. The summed E-state index contributed by atoms with van der Waals surface area (Å²) in [5, 5.41) is 21.8. The van der Waals surface area contributed by atoms with Gasteiger partial charge in [0.15, 0.2) is 0 Å². The zero-order valence-corrected chi connectivity index (χ0v) is 10.8. The Bertz CT molecular complexity index is 518. The number of aliphatic carboxylic acids is 2. The maximum atomic E-state index is 11.5. The number of hydrogen-bond acceptors (Lipinski definition) is 4. The summed E-state index contributed by atoms with van der Waals surface area (Å²) in [4.78, 5) is 36.8. The van der Waals surface area contributed by atoms with Gasteiger partial charge in [-0.05, 0) is 18.6 Å². The Hall–Kier alpha value is -2.64. The monoisotopic (exact) mass is 281 g/mol. The molecule has 0 aliphatic carbocycles. The van der Waals surface area contributed by atoms with E-state index in [0.717, 1.165) is 5.56 Å². The summed E-state index contributed by atoms with van der Waals surface area (Å²) < 4.78 is 0. The molecule has 0 fully saturated rings. The molecular formula is C12H15N3O5. The van der Waals surface area contributed by atoms with E-state index in [1.54, 1.807) is 12.3 Å². The zero-order valence-electron chi connectivity index (χ0n) is 10.8. The topological polar surface area (TPSA) is 129 Å². The summed E-state index contributed by atoms with van der Waals surface area (Å²) in [6, 6.07) is 1.35. The van der Waals surface area contributed by atoms with E-state index in [1.165, 1.54) is 0 Å². The van der Waals surface area contributed by atoms with E-state index in [1.807, 2.05) is 13.0 Å². The van der Waals surface area contributed by atoms with Crippen LogP contribution in [-0.2, 0) is 16.1 Å². The van der Waals surface area contributed by atoms with Crippen molar-refractivity contribution in [2.24, 2.45) is 0 Å². The van der Waals surface area contributed by atoms with Crippen LogP contribution in [0.5, 0.6) is 0 Å². The molecule has 0 unspecified atom stereocenters. The van der Waals surface area contributed by atoms with Gasteiger partial charge >= 0.3 is 18.0 Å². The highest BCUT2D eigenvalue weighted by atomic mass is 16.4. The molecule has 0 aromatic carbocycles. The van der Waals surface area contributed by atoms with E-state index < -0.39 is 30.4 Å². The maximum absolute atomic E-state index is 11.5. The van der Waals surface area contributed by atoms with Crippen molar-refractivity contribution in [3.05, 3.63) is 29.6 Å². The van der Waals surface area contributed by atoms with Crippen LogP contribution in [0.25, 0.3) is 0 Å². The molecule has 0 saturated heterocycles. The fourth-order valence-corrected chi connectivity index (χ4v) is 1.45. The lowest BCUT2D eigenvalue weighted by Gasteiger charge is -2.13. The minimum absolute atomic E-state index is 0.123. The summed E-state index contributed by atoms with van der Waals surface area (Å²) in [6.45, 7) is 1.95. The number of amides is 2. The number of hydrogen-bond donors (Lipinski definition) is 4. The van der Waals surface area contributed by atoms with E-state index in [-0.39, 0.29) is 6.54 Å². The highest BCUT2D eigenvalue weighted by molar-refractivity contribution is 5.86. The average molecular weight is 281 g/mol. The number of urea groups is 1. The first kappa shape index (κ1) is 15.4. The number of carboxylic acid groups (broad SMARTS) is 2. The number of pyridine rings is 1. The molecule has 4 N–H and O–H groups in total. The third-order valence-corrected chi connectivity index (χ3v) is 2.52. The average Bonchev–Trinajstić information content (AvgIpc) is 2.36. The Morgan fingerprint density at radius 2 is 2.05 bits per heavy atom. The molecule has 0 bridgehead atoms. The normalized spacial score (nSPS) is 11.4. The lowest BCUT2D eigenvalue weighted by Crippen LogP contribution is -2.46. The van der Waals surface area contributed by atoms with Crippen molar-refractivity contribution in [3.63, 3.8) is 0 Å². The molecule has 2 amide bonds. The molecule has 1 aromatic rings. The number of nitrogens with one attached hydrogen (secondary N) is 2. The summed E-state index contributed by atoms with van der Waals surface area (Å²) in [7, 11) is 0. The molecule has 108 valence electrons. The first-order valence-corrected chi connectivity index (χ1v) is 5.79. The third kappa shape index (κ3) is 4.92. The lowest BCUT2D eigenvalue weighted by atomic mass is 10.2. The molecule has 1 rings (SSSR count). The number of rotatable bonds is 6. The molecule has 1 heterocycles. The smallest absolute Gasteiger partial charge is 0.326 e. The van der Waals surface area contributed by atoms with Crippen LogP contribution in [-0.4, -0.2) is 39.2 Å². The lowest BCUT2D eigenvalue weighted by molar-refractivity contribution is -0.145. The summed E-state index contributed by atoms with van der Waals surface area (Å²) in [6.07, 6.45) is 0.887. The van der Waals surface area contributed by atoms with Gasteiger partial charge in [0, 0.05) is 6.20 Å².